The summed E-state index contributed by atoms with van der Waals surface area (Å²) < 4.78 is 6.44. The summed E-state index contributed by atoms with van der Waals surface area (Å²) in [4.78, 5) is 0. The minimum absolute atomic E-state index is 0.00252. The Morgan fingerprint density at radius 3 is 2.50 bits per heavy atom. The number of hydrazone groups is 1. The first-order valence-electron chi connectivity index (χ1n) is 10.6. The van der Waals surface area contributed by atoms with Gasteiger partial charge in [0, 0.05) is 22.6 Å². The molecule has 0 radical (unpaired) electrons. The molecule has 3 nitrogen and oxygen atoms in total. The largest absolute Gasteiger partial charge is 0.463 e. The molecule has 0 saturated carbocycles. The number of benzene rings is 4. The van der Waals surface area contributed by atoms with Crippen LogP contribution >= 0.6 is 23.2 Å². The summed E-state index contributed by atoms with van der Waals surface area (Å²) in [6.45, 7) is 2.08. The van der Waals surface area contributed by atoms with Crippen molar-refractivity contribution in [3.8, 4) is 5.75 Å². The smallest absolute Gasteiger partial charge is 0.213 e. The highest BCUT2D eigenvalue weighted by molar-refractivity contribution is 6.35. The van der Waals surface area contributed by atoms with Crippen molar-refractivity contribution in [1.29, 1.82) is 0 Å². The lowest BCUT2D eigenvalue weighted by molar-refractivity contribution is -0.0189. The molecule has 32 heavy (non-hydrogen) atoms. The van der Waals surface area contributed by atoms with Crippen LogP contribution in [0, 0.1) is 6.92 Å². The molecule has 4 aromatic rings. The van der Waals surface area contributed by atoms with E-state index in [0.717, 1.165) is 28.8 Å². The van der Waals surface area contributed by atoms with E-state index < -0.39 is 0 Å². The Morgan fingerprint density at radius 1 is 0.906 bits per heavy atom. The van der Waals surface area contributed by atoms with Crippen molar-refractivity contribution < 1.29 is 4.74 Å². The minimum atomic E-state index is -0.357. The van der Waals surface area contributed by atoms with E-state index in [1.54, 1.807) is 6.07 Å². The van der Waals surface area contributed by atoms with Crippen LogP contribution in [0.1, 0.15) is 40.9 Å². The van der Waals surface area contributed by atoms with E-state index in [0.29, 0.717) is 15.8 Å². The minimum Gasteiger partial charge on any atom is -0.463 e. The summed E-state index contributed by atoms with van der Waals surface area (Å²) in [5.41, 5.74) is 5.38. The molecule has 6 rings (SSSR count). The lowest BCUT2D eigenvalue weighted by Gasteiger charge is -2.38. The molecule has 4 aromatic carbocycles. The van der Waals surface area contributed by atoms with Crippen LogP contribution in [0.15, 0.2) is 84.0 Å². The summed E-state index contributed by atoms with van der Waals surface area (Å²) >= 11 is 12.9. The van der Waals surface area contributed by atoms with Crippen LogP contribution in [0.25, 0.3) is 10.8 Å². The van der Waals surface area contributed by atoms with Crippen molar-refractivity contribution in [3.63, 3.8) is 0 Å². The molecule has 0 spiro atoms. The first-order valence-corrected chi connectivity index (χ1v) is 11.4. The molecule has 2 atom stereocenters. The zero-order valence-electron chi connectivity index (χ0n) is 17.4. The highest BCUT2D eigenvalue weighted by Gasteiger charge is 2.42. The molecule has 0 saturated heterocycles. The van der Waals surface area contributed by atoms with E-state index in [9.17, 15) is 0 Å². The zero-order chi connectivity index (χ0) is 21.8. The van der Waals surface area contributed by atoms with Gasteiger partial charge in [0.15, 0.2) is 0 Å². The SMILES string of the molecule is Cc1ccc([C@@H]2Oc3c(Cl)cc(Cl)cc3[C@@H]3CC(c4ccc5ccccc5c4)=NN32)cc1. The van der Waals surface area contributed by atoms with Gasteiger partial charge < -0.3 is 4.74 Å². The predicted molar refractivity (Wildman–Crippen MR) is 131 cm³/mol. The Morgan fingerprint density at radius 2 is 1.69 bits per heavy atom. The third-order valence-corrected chi connectivity index (χ3v) is 6.75. The van der Waals surface area contributed by atoms with Gasteiger partial charge in [0.1, 0.15) is 5.75 Å². The normalized spacial score (nSPS) is 19.3. The van der Waals surface area contributed by atoms with E-state index in [1.807, 2.05) is 6.07 Å². The maximum absolute atomic E-state index is 6.57. The van der Waals surface area contributed by atoms with Gasteiger partial charge in [-0.15, -0.1) is 0 Å². The third kappa shape index (κ3) is 3.24. The van der Waals surface area contributed by atoms with E-state index >= 15 is 0 Å². The summed E-state index contributed by atoms with van der Waals surface area (Å²) in [7, 11) is 0. The molecule has 0 aromatic heterocycles. The van der Waals surface area contributed by atoms with Crippen molar-refractivity contribution in [1.82, 2.24) is 5.01 Å². The van der Waals surface area contributed by atoms with Crippen molar-refractivity contribution in [2.24, 2.45) is 5.10 Å². The van der Waals surface area contributed by atoms with Crippen molar-refractivity contribution in [3.05, 3.63) is 111 Å². The van der Waals surface area contributed by atoms with Gasteiger partial charge in [-0.2, -0.15) is 5.10 Å². The van der Waals surface area contributed by atoms with Crippen LogP contribution < -0.4 is 4.74 Å². The molecule has 0 bridgehead atoms. The van der Waals surface area contributed by atoms with Gasteiger partial charge in [-0.3, -0.25) is 0 Å². The number of rotatable bonds is 2. The van der Waals surface area contributed by atoms with E-state index in [4.69, 9.17) is 33.0 Å². The van der Waals surface area contributed by atoms with Crippen LogP contribution in [0.3, 0.4) is 0 Å². The second-order valence-electron chi connectivity index (χ2n) is 8.40. The van der Waals surface area contributed by atoms with Gasteiger partial charge in [-0.05, 0) is 41.5 Å². The van der Waals surface area contributed by atoms with Gasteiger partial charge in [-0.25, -0.2) is 5.01 Å². The molecular formula is C27H20Cl2N2O. The third-order valence-electron chi connectivity index (χ3n) is 6.25. The van der Waals surface area contributed by atoms with Crippen LogP contribution in [0.2, 0.25) is 10.0 Å². The molecule has 0 N–H and O–H groups in total. The number of ether oxygens (including phenoxy) is 1. The average molecular weight is 459 g/mol. The molecule has 2 aliphatic rings. The zero-order valence-corrected chi connectivity index (χ0v) is 18.9. The van der Waals surface area contributed by atoms with Gasteiger partial charge in [0.05, 0.1) is 16.8 Å². The first-order chi connectivity index (χ1) is 15.6. The number of halogens is 2. The fourth-order valence-electron chi connectivity index (χ4n) is 4.61. The summed E-state index contributed by atoms with van der Waals surface area (Å²) in [6, 6.07) is 27.0. The van der Waals surface area contributed by atoms with Crippen molar-refractivity contribution in [2.75, 3.05) is 0 Å². The first kappa shape index (κ1) is 19.7. The Hall–Kier alpha value is -3.01. The Bertz CT molecular complexity index is 1380. The molecule has 0 amide bonds. The summed E-state index contributed by atoms with van der Waals surface area (Å²) in [5, 5.41) is 10.7. The fraction of sp³-hybridized carbons (Fsp3) is 0.148. The summed E-state index contributed by atoms with van der Waals surface area (Å²) in [6.07, 6.45) is 0.401. The molecule has 0 fully saturated rings. The van der Waals surface area contributed by atoms with Crippen LogP contribution in [0.4, 0.5) is 0 Å². The second-order valence-corrected chi connectivity index (χ2v) is 9.24. The number of aryl methyl sites for hydroxylation is 1. The van der Waals surface area contributed by atoms with Gasteiger partial charge in [0.2, 0.25) is 6.23 Å². The predicted octanol–water partition coefficient (Wildman–Crippen LogP) is 7.70. The average Bonchev–Trinajstić information content (AvgIpc) is 3.25. The van der Waals surface area contributed by atoms with E-state index in [1.165, 1.54) is 16.3 Å². The quantitative estimate of drug-likeness (QED) is 0.307. The lowest BCUT2D eigenvalue weighted by atomic mass is 9.95. The highest BCUT2D eigenvalue weighted by Crippen LogP contribution is 2.50. The van der Waals surface area contributed by atoms with Crippen molar-refractivity contribution in [2.45, 2.75) is 25.6 Å². The standard InChI is InChI=1S/C27H20Cl2N2O/c1-16-6-8-18(9-7-16)27-31-25(22-13-21(28)14-23(29)26(22)32-27)15-24(30-31)20-11-10-17-4-2-3-5-19(17)12-20/h2-14,25,27H,15H2,1H3/t25-,27-/m0/s1. The number of fused-ring (bicyclic) bond motifs is 4. The Balaban J connectivity index is 1.47. The molecule has 2 aliphatic heterocycles. The van der Waals surface area contributed by atoms with Crippen LogP contribution in [-0.4, -0.2) is 10.7 Å². The lowest BCUT2D eigenvalue weighted by Crippen LogP contribution is -2.33. The molecule has 2 heterocycles. The maximum Gasteiger partial charge on any atom is 0.213 e. The molecule has 0 aliphatic carbocycles. The highest BCUT2D eigenvalue weighted by atomic mass is 35.5. The topological polar surface area (TPSA) is 24.8 Å². The van der Waals surface area contributed by atoms with Gasteiger partial charge >= 0.3 is 0 Å². The molecular weight excluding hydrogens is 439 g/mol. The Labute approximate surface area is 196 Å². The number of nitrogens with zero attached hydrogens (tertiary/aromatic N) is 2. The van der Waals surface area contributed by atoms with Gasteiger partial charge in [0.25, 0.3) is 0 Å². The fourth-order valence-corrected chi connectivity index (χ4v) is 5.16. The molecule has 0 unspecified atom stereocenters. The van der Waals surface area contributed by atoms with E-state index in [-0.39, 0.29) is 12.3 Å². The van der Waals surface area contributed by atoms with Crippen LogP contribution in [0.5, 0.6) is 5.75 Å². The van der Waals surface area contributed by atoms with Gasteiger partial charge in [-0.1, -0.05) is 89.4 Å². The molecule has 158 valence electrons. The van der Waals surface area contributed by atoms with Crippen molar-refractivity contribution >= 4 is 39.7 Å². The second kappa shape index (κ2) is 7.54. The monoisotopic (exact) mass is 458 g/mol. The molecule has 5 heteroatoms. The Kier molecular flexibility index (Phi) is 4.63. The maximum atomic E-state index is 6.57. The number of hydrogen-bond donors (Lipinski definition) is 0. The van der Waals surface area contributed by atoms with E-state index in [2.05, 4.69) is 78.7 Å². The summed E-state index contributed by atoms with van der Waals surface area (Å²) in [5.74, 6) is 0.692. The number of hydrogen-bond acceptors (Lipinski definition) is 3. The van der Waals surface area contributed by atoms with Crippen LogP contribution in [-0.2, 0) is 0 Å².